The lowest BCUT2D eigenvalue weighted by atomic mass is 10.0. The Kier molecular flexibility index (Phi) is 8.87. The van der Waals surface area contributed by atoms with Crippen molar-refractivity contribution >= 4 is 59.2 Å². The number of aliphatic carboxylic acids is 1. The Bertz CT molecular complexity index is 1630. The third-order valence-electron chi connectivity index (χ3n) is 7.30. The molecule has 2 aromatic rings. The number of carboxylic acids is 1. The average Bonchev–Trinajstić information content (AvgIpc) is 3.43. The van der Waals surface area contributed by atoms with Crippen molar-refractivity contribution in [1.29, 1.82) is 0 Å². The molecular formula is C25H27N9O9S2. The summed E-state index contributed by atoms with van der Waals surface area (Å²) in [7, 11) is 1.63. The number of nitrogens with one attached hydrogen (secondary N) is 2. The Morgan fingerprint density at radius 1 is 1.13 bits per heavy atom. The molecule has 0 unspecified atom stereocenters. The van der Waals surface area contributed by atoms with Gasteiger partial charge in [-0.25, -0.2) is 14.3 Å². The van der Waals surface area contributed by atoms with Crippen molar-refractivity contribution in [3.05, 3.63) is 35.0 Å². The summed E-state index contributed by atoms with van der Waals surface area (Å²) in [5.41, 5.74) is 0.243. The molecule has 1 aromatic heterocycles. The van der Waals surface area contributed by atoms with Gasteiger partial charge in [0.15, 0.2) is 11.5 Å². The van der Waals surface area contributed by atoms with E-state index in [1.54, 1.807) is 14.0 Å². The molecule has 238 valence electrons. The standard InChI is InChI=1S/C25H27N9O9S2/c1-3-32-6-7-33(21(40)20(32)39)24(43)27-15(11-4-5-13(35)14(36)8-11)18(37)26-16-19(38)34-17(23(41)42)12(9-44-22(16)34)10-45-25-28-29-30-31(25)2/h4-5,8,15-16,22,35-36H,3,6-7,9-10H2,1-2H3,(H,26,37)(H,27,43)(H,41,42)/t15-,16-,22-/m1/s1. The van der Waals surface area contributed by atoms with Crippen LogP contribution in [-0.4, -0.2) is 128 Å². The maximum Gasteiger partial charge on any atom is 0.352 e. The number of nitrogens with zero attached hydrogens (tertiary/aromatic N) is 7. The molecule has 5 N–H and O–H groups in total. The van der Waals surface area contributed by atoms with Crippen molar-refractivity contribution in [3.63, 3.8) is 0 Å². The molecule has 2 fully saturated rings. The van der Waals surface area contributed by atoms with Gasteiger partial charge in [-0.05, 0) is 40.6 Å². The van der Waals surface area contributed by atoms with Crippen molar-refractivity contribution < 1.29 is 44.1 Å². The number of fused-ring (bicyclic) bond motifs is 1. The lowest BCUT2D eigenvalue weighted by Crippen LogP contribution is -2.71. The number of phenols is 2. The van der Waals surface area contributed by atoms with Crippen LogP contribution in [0.4, 0.5) is 4.79 Å². The minimum Gasteiger partial charge on any atom is -0.504 e. The molecule has 6 amide bonds. The van der Waals surface area contributed by atoms with Gasteiger partial charge in [0.25, 0.3) is 5.91 Å². The summed E-state index contributed by atoms with van der Waals surface area (Å²) in [6.07, 6.45) is 0. The van der Waals surface area contributed by atoms with Crippen molar-refractivity contribution in [1.82, 2.24) is 45.5 Å². The van der Waals surface area contributed by atoms with Crippen LogP contribution in [0.15, 0.2) is 34.6 Å². The number of amides is 6. The van der Waals surface area contributed by atoms with Crippen LogP contribution >= 0.6 is 23.5 Å². The fourth-order valence-electron chi connectivity index (χ4n) is 4.92. The second kappa shape index (κ2) is 12.6. The zero-order valence-corrected chi connectivity index (χ0v) is 25.4. The molecule has 0 aliphatic carbocycles. The van der Waals surface area contributed by atoms with Crippen LogP contribution in [-0.2, 0) is 31.0 Å². The smallest absolute Gasteiger partial charge is 0.352 e. The van der Waals surface area contributed by atoms with Gasteiger partial charge in [0.2, 0.25) is 11.1 Å². The number of imide groups is 1. The lowest BCUT2D eigenvalue weighted by Gasteiger charge is -2.49. The van der Waals surface area contributed by atoms with Crippen LogP contribution in [0, 0.1) is 0 Å². The number of hydrogen-bond acceptors (Lipinski definition) is 13. The highest BCUT2D eigenvalue weighted by molar-refractivity contribution is 8.01. The highest BCUT2D eigenvalue weighted by Crippen LogP contribution is 2.41. The number of carbonyl (C=O) groups is 6. The van der Waals surface area contributed by atoms with Gasteiger partial charge in [-0.3, -0.25) is 29.0 Å². The Hall–Kier alpha value is -4.85. The van der Waals surface area contributed by atoms with Gasteiger partial charge in [-0.1, -0.05) is 17.8 Å². The lowest BCUT2D eigenvalue weighted by molar-refractivity contribution is -0.153. The largest absolute Gasteiger partial charge is 0.504 e. The number of carbonyl (C=O) groups excluding carboxylic acids is 5. The van der Waals surface area contributed by atoms with Gasteiger partial charge in [-0.2, -0.15) is 0 Å². The van der Waals surface area contributed by atoms with E-state index in [9.17, 15) is 44.1 Å². The predicted octanol–water partition coefficient (Wildman–Crippen LogP) is -1.41. The molecule has 0 saturated carbocycles. The molecule has 0 radical (unpaired) electrons. The molecular weight excluding hydrogens is 634 g/mol. The van der Waals surface area contributed by atoms with Gasteiger partial charge < -0.3 is 30.9 Å². The first-order valence-electron chi connectivity index (χ1n) is 13.4. The van der Waals surface area contributed by atoms with E-state index in [2.05, 4.69) is 26.2 Å². The molecule has 20 heteroatoms. The molecule has 4 heterocycles. The second-order valence-electron chi connectivity index (χ2n) is 10.00. The number of hydrogen-bond donors (Lipinski definition) is 5. The third-order valence-corrected chi connectivity index (χ3v) is 9.74. The minimum absolute atomic E-state index is 0.00857. The Morgan fingerprint density at radius 2 is 1.89 bits per heavy atom. The number of aryl methyl sites for hydroxylation is 1. The van der Waals surface area contributed by atoms with Crippen molar-refractivity contribution in [2.45, 2.75) is 29.5 Å². The predicted molar refractivity (Wildman–Crippen MR) is 154 cm³/mol. The fourth-order valence-corrected chi connectivity index (χ4v) is 7.25. The van der Waals surface area contributed by atoms with Crippen LogP contribution in [0.3, 0.4) is 0 Å². The van der Waals surface area contributed by atoms with E-state index in [4.69, 9.17) is 0 Å². The van der Waals surface area contributed by atoms with Crippen LogP contribution in [0.5, 0.6) is 11.5 Å². The summed E-state index contributed by atoms with van der Waals surface area (Å²) in [6, 6.07) is -0.480. The monoisotopic (exact) mass is 661 g/mol. The Balaban J connectivity index is 1.34. The molecule has 0 spiro atoms. The Labute approximate surface area is 262 Å². The number of rotatable bonds is 9. The van der Waals surface area contributed by atoms with E-state index in [0.29, 0.717) is 15.6 Å². The van der Waals surface area contributed by atoms with E-state index in [0.717, 1.165) is 17.0 Å². The number of benzene rings is 1. The third kappa shape index (κ3) is 5.97. The summed E-state index contributed by atoms with van der Waals surface area (Å²) >= 11 is 2.43. The molecule has 3 aliphatic rings. The summed E-state index contributed by atoms with van der Waals surface area (Å²) < 4.78 is 1.42. The number of aromatic nitrogens is 4. The zero-order valence-electron chi connectivity index (χ0n) is 23.7. The highest BCUT2D eigenvalue weighted by atomic mass is 32.2. The number of β-lactam (4-membered cyclic amide) rings is 1. The van der Waals surface area contributed by atoms with Gasteiger partial charge in [0.05, 0.1) is 0 Å². The van der Waals surface area contributed by atoms with Crippen LogP contribution in [0.2, 0.25) is 0 Å². The second-order valence-corrected chi connectivity index (χ2v) is 12.0. The summed E-state index contributed by atoms with van der Waals surface area (Å²) in [5.74, 6) is -5.59. The van der Waals surface area contributed by atoms with E-state index in [1.807, 2.05) is 0 Å². The van der Waals surface area contributed by atoms with Crippen molar-refractivity contribution in [2.75, 3.05) is 31.1 Å². The van der Waals surface area contributed by atoms with Crippen molar-refractivity contribution in [2.24, 2.45) is 7.05 Å². The number of thioether (sulfide) groups is 2. The number of tetrazole rings is 1. The summed E-state index contributed by atoms with van der Waals surface area (Å²) in [4.78, 5) is 80.1. The van der Waals surface area contributed by atoms with Gasteiger partial charge >= 0.3 is 23.8 Å². The van der Waals surface area contributed by atoms with Gasteiger partial charge in [0, 0.05) is 38.2 Å². The van der Waals surface area contributed by atoms with Crippen LogP contribution in [0.1, 0.15) is 18.5 Å². The molecule has 3 aliphatic heterocycles. The molecule has 2 saturated heterocycles. The number of carboxylic acid groups (broad SMARTS) is 1. The first-order valence-corrected chi connectivity index (χ1v) is 15.4. The number of likely N-dealkylation sites (N-methyl/N-ethyl adjacent to an activating group) is 1. The highest BCUT2D eigenvalue weighted by Gasteiger charge is 2.54. The van der Waals surface area contributed by atoms with E-state index >= 15 is 0 Å². The zero-order chi connectivity index (χ0) is 32.6. The maximum absolute atomic E-state index is 13.6. The normalized spacial score (nSPS) is 20.5. The molecule has 18 nitrogen and oxygen atoms in total. The van der Waals surface area contributed by atoms with E-state index in [-0.39, 0.29) is 42.4 Å². The number of phenolic OH excluding ortho intramolecular Hbond substituents is 2. The minimum atomic E-state index is -1.59. The molecule has 45 heavy (non-hydrogen) atoms. The first kappa shape index (κ1) is 31.6. The SMILES string of the molecule is CCN1CCN(C(=O)N[C@@H](C(=O)N[C@@H]2C(=O)N3C(C(=O)O)=C(CSc4nnnn4C)CS[C@H]23)c2ccc(O)c(O)c2)C(=O)C1=O. The van der Waals surface area contributed by atoms with Crippen LogP contribution < -0.4 is 10.6 Å². The van der Waals surface area contributed by atoms with Crippen LogP contribution in [0.25, 0.3) is 0 Å². The van der Waals surface area contributed by atoms with E-state index in [1.165, 1.54) is 39.2 Å². The topological polar surface area (TPSA) is 240 Å². The maximum atomic E-state index is 13.6. The first-order chi connectivity index (χ1) is 21.4. The number of aromatic hydroxyl groups is 2. The molecule has 0 bridgehead atoms. The summed E-state index contributed by atoms with van der Waals surface area (Å²) in [6.45, 7) is 1.90. The number of urea groups is 1. The quantitative estimate of drug-likeness (QED) is 0.0899. The molecule has 5 rings (SSSR count). The Morgan fingerprint density at radius 3 is 2.53 bits per heavy atom. The average molecular weight is 662 g/mol. The fraction of sp³-hybridized carbons (Fsp3) is 0.400. The molecule has 3 atom stereocenters. The van der Waals surface area contributed by atoms with Gasteiger partial charge in [-0.15, -0.1) is 16.9 Å². The van der Waals surface area contributed by atoms with Crippen molar-refractivity contribution in [3.8, 4) is 11.5 Å². The number of piperazine rings is 1. The van der Waals surface area contributed by atoms with E-state index < -0.39 is 64.6 Å². The van der Waals surface area contributed by atoms with Gasteiger partial charge in [0.1, 0.15) is 23.2 Å². The summed E-state index contributed by atoms with van der Waals surface area (Å²) in [5, 5.41) is 45.5. The molecule has 1 aromatic carbocycles.